The predicted molar refractivity (Wildman–Crippen MR) is 108 cm³/mol. The van der Waals surface area contributed by atoms with Crippen molar-refractivity contribution in [3.05, 3.63) is 68.9 Å². The van der Waals surface area contributed by atoms with E-state index in [-0.39, 0.29) is 23.8 Å². The van der Waals surface area contributed by atoms with Gasteiger partial charge in [0.1, 0.15) is 0 Å². The Kier molecular flexibility index (Phi) is 4.92. The molecular formula is C21H23N3O4. The Balaban J connectivity index is 1.88. The van der Waals surface area contributed by atoms with E-state index in [1.807, 2.05) is 24.3 Å². The van der Waals surface area contributed by atoms with Gasteiger partial charge in [0.15, 0.2) is 11.5 Å². The van der Waals surface area contributed by atoms with Gasteiger partial charge in [0, 0.05) is 6.54 Å². The van der Waals surface area contributed by atoms with Gasteiger partial charge in [-0.15, -0.1) is 0 Å². The van der Waals surface area contributed by atoms with Crippen LogP contribution < -0.4 is 26.0 Å². The largest absolute Gasteiger partial charge is 0.493 e. The number of rotatable bonds is 5. The van der Waals surface area contributed by atoms with Crippen molar-refractivity contribution in [1.29, 1.82) is 0 Å². The molecule has 0 saturated carbocycles. The Labute approximate surface area is 162 Å². The van der Waals surface area contributed by atoms with Crippen LogP contribution in [-0.2, 0) is 6.54 Å². The fourth-order valence-electron chi connectivity index (χ4n) is 3.84. The molecule has 0 bridgehead atoms. The Bertz CT molecular complexity index is 1130. The lowest BCUT2D eigenvalue weighted by atomic mass is 10.1. The van der Waals surface area contributed by atoms with E-state index in [0.717, 1.165) is 25.1 Å². The molecule has 7 heteroatoms. The maximum atomic E-state index is 13.3. The molecule has 146 valence electrons. The molecule has 1 fully saturated rings. The third-order valence-electron chi connectivity index (χ3n) is 5.26. The van der Waals surface area contributed by atoms with Crippen molar-refractivity contribution in [3.63, 3.8) is 0 Å². The number of para-hydroxylation sites is 1. The Morgan fingerprint density at radius 2 is 1.86 bits per heavy atom. The van der Waals surface area contributed by atoms with Crippen LogP contribution in [0.4, 0.5) is 0 Å². The third-order valence-corrected chi connectivity index (χ3v) is 5.26. The summed E-state index contributed by atoms with van der Waals surface area (Å²) < 4.78 is 13.7. The molecule has 2 aromatic carbocycles. The normalized spacial score (nSPS) is 16.4. The molecule has 1 unspecified atom stereocenters. The standard InChI is InChI=1S/C21H23N3O4/c1-27-18-8-7-14(11-19(18)28-2)13-23-20(25)16-5-3-4-6-17(16)24(21(23)26)15-9-10-22-12-15/h3-8,11,15,22H,9-10,12-13H2,1-2H3. The zero-order valence-corrected chi connectivity index (χ0v) is 16.0. The second-order valence-corrected chi connectivity index (χ2v) is 6.90. The molecule has 0 spiro atoms. The first-order chi connectivity index (χ1) is 13.6. The van der Waals surface area contributed by atoms with Crippen molar-refractivity contribution in [2.24, 2.45) is 0 Å². The number of ether oxygens (including phenoxy) is 2. The van der Waals surface area contributed by atoms with Crippen molar-refractivity contribution in [3.8, 4) is 11.5 Å². The Morgan fingerprint density at radius 1 is 1.07 bits per heavy atom. The summed E-state index contributed by atoms with van der Waals surface area (Å²) in [5.74, 6) is 1.17. The van der Waals surface area contributed by atoms with E-state index in [4.69, 9.17) is 9.47 Å². The lowest BCUT2D eigenvalue weighted by Gasteiger charge is -2.19. The molecule has 1 aliphatic rings. The first-order valence-corrected chi connectivity index (χ1v) is 9.29. The summed E-state index contributed by atoms with van der Waals surface area (Å²) in [6.45, 7) is 1.75. The summed E-state index contributed by atoms with van der Waals surface area (Å²) in [5.41, 5.74) is 0.919. The average Bonchev–Trinajstić information content (AvgIpc) is 3.25. The van der Waals surface area contributed by atoms with Gasteiger partial charge >= 0.3 is 5.69 Å². The highest BCUT2D eigenvalue weighted by Gasteiger charge is 2.22. The Morgan fingerprint density at radius 3 is 2.57 bits per heavy atom. The fraction of sp³-hybridized carbons (Fsp3) is 0.333. The van der Waals surface area contributed by atoms with E-state index in [1.54, 1.807) is 37.0 Å². The van der Waals surface area contributed by atoms with Gasteiger partial charge in [-0.1, -0.05) is 18.2 Å². The summed E-state index contributed by atoms with van der Waals surface area (Å²) in [7, 11) is 3.13. The van der Waals surface area contributed by atoms with Crippen molar-refractivity contribution < 1.29 is 9.47 Å². The molecule has 1 aliphatic heterocycles. The summed E-state index contributed by atoms with van der Waals surface area (Å²) >= 11 is 0. The highest BCUT2D eigenvalue weighted by Crippen LogP contribution is 2.27. The molecule has 2 heterocycles. The first kappa shape index (κ1) is 18.3. The van der Waals surface area contributed by atoms with Crippen molar-refractivity contribution >= 4 is 10.9 Å². The molecular weight excluding hydrogens is 358 g/mol. The zero-order valence-electron chi connectivity index (χ0n) is 16.0. The average molecular weight is 381 g/mol. The minimum atomic E-state index is -0.285. The van der Waals surface area contributed by atoms with Crippen LogP contribution in [0.15, 0.2) is 52.1 Å². The van der Waals surface area contributed by atoms with Gasteiger partial charge in [0.2, 0.25) is 0 Å². The molecule has 0 aliphatic carbocycles. The molecule has 0 radical (unpaired) electrons. The maximum Gasteiger partial charge on any atom is 0.332 e. The van der Waals surface area contributed by atoms with Crippen LogP contribution in [0.1, 0.15) is 18.0 Å². The molecule has 1 saturated heterocycles. The van der Waals surface area contributed by atoms with Crippen LogP contribution in [0.25, 0.3) is 10.9 Å². The van der Waals surface area contributed by atoms with Gasteiger partial charge in [-0.3, -0.25) is 13.9 Å². The molecule has 0 amide bonds. The van der Waals surface area contributed by atoms with Gasteiger partial charge in [-0.2, -0.15) is 0 Å². The van der Waals surface area contributed by atoms with Crippen LogP contribution in [0.3, 0.4) is 0 Å². The minimum Gasteiger partial charge on any atom is -0.493 e. The third kappa shape index (κ3) is 3.07. The number of aromatic nitrogens is 2. The highest BCUT2D eigenvalue weighted by molar-refractivity contribution is 5.78. The molecule has 28 heavy (non-hydrogen) atoms. The first-order valence-electron chi connectivity index (χ1n) is 9.29. The van der Waals surface area contributed by atoms with Gasteiger partial charge in [-0.05, 0) is 42.8 Å². The van der Waals surface area contributed by atoms with Crippen LogP contribution in [-0.4, -0.2) is 36.4 Å². The Hall–Kier alpha value is -3.06. The van der Waals surface area contributed by atoms with E-state index in [2.05, 4.69) is 5.32 Å². The number of methoxy groups -OCH3 is 2. The smallest absolute Gasteiger partial charge is 0.332 e. The lowest BCUT2D eigenvalue weighted by molar-refractivity contribution is 0.354. The van der Waals surface area contributed by atoms with Crippen LogP contribution in [0.2, 0.25) is 0 Å². The van der Waals surface area contributed by atoms with Gasteiger partial charge in [-0.25, -0.2) is 4.79 Å². The van der Waals surface area contributed by atoms with Gasteiger partial charge in [0.05, 0.1) is 37.7 Å². The molecule has 3 aromatic rings. The second kappa shape index (κ2) is 7.52. The molecule has 4 rings (SSSR count). The summed E-state index contributed by atoms with van der Waals surface area (Å²) in [6.07, 6.45) is 0.860. The molecule has 1 aromatic heterocycles. The summed E-state index contributed by atoms with van der Waals surface area (Å²) in [5, 5.41) is 3.85. The van der Waals surface area contributed by atoms with Crippen LogP contribution in [0, 0.1) is 0 Å². The SMILES string of the molecule is COc1ccc(Cn2c(=O)c3ccccc3n(C3CCNC3)c2=O)cc1OC. The summed E-state index contributed by atoms with van der Waals surface area (Å²) in [6, 6.07) is 12.8. The van der Waals surface area contributed by atoms with E-state index in [0.29, 0.717) is 22.4 Å². The topological polar surface area (TPSA) is 74.5 Å². The predicted octanol–water partition coefficient (Wildman–Crippen LogP) is 1.76. The molecule has 1 atom stereocenters. The fourth-order valence-corrected chi connectivity index (χ4v) is 3.84. The van der Waals surface area contributed by atoms with Crippen LogP contribution in [0.5, 0.6) is 11.5 Å². The van der Waals surface area contributed by atoms with Crippen molar-refractivity contribution in [2.75, 3.05) is 27.3 Å². The van der Waals surface area contributed by atoms with E-state index >= 15 is 0 Å². The highest BCUT2D eigenvalue weighted by atomic mass is 16.5. The number of nitrogens with zero attached hydrogens (tertiary/aromatic N) is 2. The quantitative estimate of drug-likeness (QED) is 0.729. The number of nitrogens with one attached hydrogen (secondary N) is 1. The maximum absolute atomic E-state index is 13.3. The van der Waals surface area contributed by atoms with Crippen molar-refractivity contribution in [2.45, 2.75) is 19.0 Å². The zero-order chi connectivity index (χ0) is 19.7. The number of hydrogen-bond acceptors (Lipinski definition) is 5. The number of fused-ring (bicyclic) bond motifs is 1. The van der Waals surface area contributed by atoms with E-state index < -0.39 is 0 Å². The van der Waals surface area contributed by atoms with E-state index in [9.17, 15) is 9.59 Å². The van der Waals surface area contributed by atoms with Crippen molar-refractivity contribution in [1.82, 2.24) is 14.5 Å². The minimum absolute atomic E-state index is 0.0367. The van der Waals surface area contributed by atoms with Gasteiger partial charge < -0.3 is 14.8 Å². The second-order valence-electron chi connectivity index (χ2n) is 6.90. The van der Waals surface area contributed by atoms with Crippen LogP contribution >= 0.6 is 0 Å². The molecule has 1 N–H and O–H groups in total. The van der Waals surface area contributed by atoms with Gasteiger partial charge in [0.25, 0.3) is 5.56 Å². The molecule has 7 nitrogen and oxygen atoms in total. The lowest BCUT2D eigenvalue weighted by Crippen LogP contribution is -2.42. The monoisotopic (exact) mass is 381 g/mol. The number of benzene rings is 2. The summed E-state index contributed by atoms with van der Waals surface area (Å²) in [4.78, 5) is 26.4. The van der Waals surface area contributed by atoms with E-state index in [1.165, 1.54) is 4.57 Å². The number of hydrogen-bond donors (Lipinski definition) is 1.